The molecule has 0 saturated heterocycles. The average Bonchev–Trinajstić information content (AvgIpc) is 3.02. The maximum absolute atomic E-state index is 10.2. The van der Waals surface area contributed by atoms with Gasteiger partial charge in [0.15, 0.2) is 0 Å². The van der Waals surface area contributed by atoms with Crippen LogP contribution >= 0.6 is 0 Å². The van der Waals surface area contributed by atoms with E-state index >= 15 is 0 Å². The molecule has 0 radical (unpaired) electrons. The fraction of sp³-hybridized carbons (Fsp3) is 0.200. The number of nitriles is 2. The van der Waals surface area contributed by atoms with Crippen molar-refractivity contribution in [3.8, 4) is 12.1 Å². The predicted octanol–water partition coefficient (Wildman–Crippen LogP) is 9.97. The molecule has 0 bridgehead atoms. The maximum atomic E-state index is 10.2. The van der Waals surface area contributed by atoms with E-state index < -0.39 is 0 Å². The van der Waals surface area contributed by atoms with E-state index in [1.54, 1.807) is 0 Å². The van der Waals surface area contributed by atoms with E-state index in [9.17, 15) is 10.5 Å². The predicted molar refractivity (Wildman–Crippen MR) is 182 cm³/mol. The lowest BCUT2D eigenvalue weighted by atomic mass is 9.85. The minimum Gasteiger partial charge on any atom is -0.341 e. The van der Waals surface area contributed by atoms with E-state index in [-0.39, 0.29) is 16.4 Å². The first kappa shape index (κ1) is 30.1. The van der Waals surface area contributed by atoms with Crippen molar-refractivity contribution in [3.05, 3.63) is 154 Å². The number of allylic oxidation sites excluding steroid dienone is 4. The molecule has 0 spiro atoms. The average molecular weight is 575 g/mol. The topological polar surface area (TPSA) is 62.9 Å². The number of rotatable bonds is 5. The monoisotopic (exact) mass is 574 g/mol. The van der Waals surface area contributed by atoms with Crippen molar-refractivity contribution in [2.24, 2.45) is 0 Å². The Balaban J connectivity index is 1.81. The second-order valence-corrected chi connectivity index (χ2v) is 13.1. The summed E-state index contributed by atoms with van der Waals surface area (Å²) in [6, 6.07) is 41.6. The molecule has 0 atom stereocenters. The van der Waals surface area contributed by atoms with Gasteiger partial charge in [-0.25, -0.2) is 0 Å². The third kappa shape index (κ3) is 6.22. The fourth-order valence-electron chi connectivity index (χ4n) is 5.41. The van der Waals surface area contributed by atoms with E-state index in [4.69, 9.17) is 0 Å². The molecule has 0 amide bonds. The van der Waals surface area contributed by atoms with Crippen LogP contribution in [0.4, 0.5) is 11.4 Å². The second-order valence-electron chi connectivity index (χ2n) is 13.1. The molecule has 1 aliphatic heterocycles. The fourth-order valence-corrected chi connectivity index (χ4v) is 5.41. The van der Waals surface area contributed by atoms with Gasteiger partial charge in [0, 0.05) is 22.5 Å². The van der Waals surface area contributed by atoms with E-state index in [2.05, 4.69) is 125 Å². The molecular formula is C40H38N4. The number of hydrogen-bond donors (Lipinski definition) is 1. The minimum absolute atomic E-state index is 0.00382. The summed E-state index contributed by atoms with van der Waals surface area (Å²) in [6.07, 6.45) is 1.94. The highest BCUT2D eigenvalue weighted by Crippen LogP contribution is 2.45. The summed E-state index contributed by atoms with van der Waals surface area (Å²) in [5, 5.41) is 24.0. The van der Waals surface area contributed by atoms with Crippen LogP contribution in [0.1, 0.15) is 63.8 Å². The summed E-state index contributed by atoms with van der Waals surface area (Å²) < 4.78 is 0. The Morgan fingerprint density at radius 3 is 1.57 bits per heavy atom. The molecule has 1 heterocycles. The number of benzene rings is 4. The highest BCUT2D eigenvalue weighted by atomic mass is 15.3. The van der Waals surface area contributed by atoms with Gasteiger partial charge in [-0.3, -0.25) is 4.90 Å². The van der Waals surface area contributed by atoms with Crippen molar-refractivity contribution in [3.63, 3.8) is 0 Å². The SMILES string of the molecule is CC(C)(C)c1ccc(NC2=CC(=C(C#N)C#N)C(c3ccccc3)=C(c3ccccc3)N2c2ccc(C(C)(C)C)cc2)cc1. The van der Waals surface area contributed by atoms with Crippen LogP contribution in [0.15, 0.2) is 132 Å². The van der Waals surface area contributed by atoms with Crippen LogP contribution in [0.25, 0.3) is 11.3 Å². The summed E-state index contributed by atoms with van der Waals surface area (Å²) >= 11 is 0. The van der Waals surface area contributed by atoms with Gasteiger partial charge >= 0.3 is 0 Å². The van der Waals surface area contributed by atoms with E-state index in [0.717, 1.165) is 39.6 Å². The van der Waals surface area contributed by atoms with Gasteiger partial charge in [0.05, 0.1) is 5.70 Å². The zero-order valence-corrected chi connectivity index (χ0v) is 26.3. The van der Waals surface area contributed by atoms with Crippen molar-refractivity contribution < 1.29 is 0 Å². The van der Waals surface area contributed by atoms with Gasteiger partial charge in [0.2, 0.25) is 0 Å². The van der Waals surface area contributed by atoms with Crippen LogP contribution in [0, 0.1) is 22.7 Å². The van der Waals surface area contributed by atoms with Gasteiger partial charge < -0.3 is 5.32 Å². The van der Waals surface area contributed by atoms with Gasteiger partial charge in [-0.15, -0.1) is 0 Å². The lowest BCUT2D eigenvalue weighted by Gasteiger charge is -2.37. The van der Waals surface area contributed by atoms with Crippen LogP contribution in [-0.4, -0.2) is 0 Å². The Kier molecular flexibility index (Phi) is 8.30. The van der Waals surface area contributed by atoms with E-state index in [1.807, 2.05) is 54.6 Å². The molecule has 0 fully saturated rings. The minimum atomic E-state index is 0.00382. The Labute approximate surface area is 261 Å². The van der Waals surface area contributed by atoms with Crippen LogP contribution in [-0.2, 0) is 10.8 Å². The quantitative estimate of drug-likeness (QED) is 0.241. The zero-order chi connectivity index (χ0) is 31.5. The summed E-state index contributed by atoms with van der Waals surface area (Å²) in [5.74, 6) is 0.744. The molecule has 218 valence electrons. The summed E-state index contributed by atoms with van der Waals surface area (Å²) in [5.41, 5.74) is 8.61. The Hall–Kier alpha value is -5.32. The van der Waals surface area contributed by atoms with Crippen molar-refractivity contribution in [1.29, 1.82) is 10.5 Å². The van der Waals surface area contributed by atoms with Crippen molar-refractivity contribution >= 4 is 22.6 Å². The van der Waals surface area contributed by atoms with Crippen molar-refractivity contribution in [2.75, 3.05) is 10.2 Å². The molecule has 0 aromatic heterocycles. The first-order chi connectivity index (χ1) is 21.0. The number of anilines is 2. The first-order valence-corrected chi connectivity index (χ1v) is 14.9. The van der Waals surface area contributed by atoms with E-state index in [0.29, 0.717) is 5.57 Å². The smallest absolute Gasteiger partial charge is 0.137 e. The van der Waals surface area contributed by atoms with Crippen LogP contribution in [0.2, 0.25) is 0 Å². The molecule has 5 rings (SSSR count). The molecule has 44 heavy (non-hydrogen) atoms. The molecule has 0 aliphatic carbocycles. The Bertz CT molecular complexity index is 1800. The van der Waals surface area contributed by atoms with Gasteiger partial charge in [-0.1, -0.05) is 126 Å². The third-order valence-electron chi connectivity index (χ3n) is 7.87. The van der Waals surface area contributed by atoms with Gasteiger partial charge in [-0.05, 0) is 63.4 Å². The van der Waals surface area contributed by atoms with Gasteiger partial charge in [0.1, 0.15) is 23.5 Å². The molecule has 4 nitrogen and oxygen atoms in total. The number of hydrogen-bond acceptors (Lipinski definition) is 4. The van der Waals surface area contributed by atoms with E-state index in [1.165, 1.54) is 11.1 Å². The highest BCUT2D eigenvalue weighted by Gasteiger charge is 2.31. The lowest BCUT2D eigenvalue weighted by Crippen LogP contribution is -2.30. The lowest BCUT2D eigenvalue weighted by molar-refractivity contribution is 0.590. The first-order valence-electron chi connectivity index (χ1n) is 14.9. The molecule has 0 saturated carbocycles. The van der Waals surface area contributed by atoms with Gasteiger partial charge in [-0.2, -0.15) is 10.5 Å². The summed E-state index contributed by atoms with van der Waals surface area (Å²) in [7, 11) is 0. The normalized spacial score (nSPS) is 13.6. The molecule has 4 aromatic carbocycles. The van der Waals surface area contributed by atoms with Crippen molar-refractivity contribution in [2.45, 2.75) is 52.4 Å². The largest absolute Gasteiger partial charge is 0.341 e. The second kappa shape index (κ2) is 12.1. The van der Waals surface area contributed by atoms with Crippen LogP contribution in [0.5, 0.6) is 0 Å². The molecular weight excluding hydrogens is 536 g/mol. The third-order valence-corrected chi connectivity index (χ3v) is 7.87. The summed E-state index contributed by atoms with van der Waals surface area (Å²) in [4.78, 5) is 2.21. The van der Waals surface area contributed by atoms with Crippen molar-refractivity contribution in [1.82, 2.24) is 0 Å². The van der Waals surface area contributed by atoms with Crippen LogP contribution < -0.4 is 10.2 Å². The summed E-state index contributed by atoms with van der Waals surface area (Å²) in [6.45, 7) is 13.2. The Morgan fingerprint density at radius 2 is 1.09 bits per heavy atom. The molecule has 0 unspecified atom stereocenters. The van der Waals surface area contributed by atoms with Crippen LogP contribution in [0.3, 0.4) is 0 Å². The maximum Gasteiger partial charge on any atom is 0.137 e. The van der Waals surface area contributed by atoms with Gasteiger partial charge in [0.25, 0.3) is 0 Å². The molecule has 1 aliphatic rings. The molecule has 4 heteroatoms. The molecule has 1 N–H and O–H groups in total. The number of nitrogens with zero attached hydrogens (tertiary/aromatic N) is 3. The Morgan fingerprint density at radius 1 is 0.614 bits per heavy atom. The molecule has 4 aromatic rings. The highest BCUT2D eigenvalue weighted by molar-refractivity contribution is 6.08. The number of nitrogens with one attached hydrogen (secondary N) is 1. The zero-order valence-electron chi connectivity index (χ0n) is 26.3. The standard InChI is InChI=1S/C40H38N4/c1-39(2,3)31-17-21-33(22-18-31)43-36-25-35(30(26-41)27-42)37(28-13-9-7-10-14-28)38(29-15-11-8-12-16-29)44(36)34-23-19-32(20-24-34)40(4,5)6/h7-25,43H,1-6H3.